The topological polar surface area (TPSA) is 82.9 Å². The van der Waals surface area contributed by atoms with Gasteiger partial charge in [0.15, 0.2) is 5.82 Å². The summed E-state index contributed by atoms with van der Waals surface area (Å²) in [4.78, 5) is 8.94. The van der Waals surface area contributed by atoms with E-state index in [1.807, 2.05) is 22.7 Å². The molecule has 32 heavy (non-hydrogen) atoms. The van der Waals surface area contributed by atoms with Crippen molar-refractivity contribution in [3.63, 3.8) is 0 Å². The number of benzene rings is 1. The zero-order valence-electron chi connectivity index (χ0n) is 17.9. The molecule has 0 amide bonds. The molecule has 0 saturated heterocycles. The van der Waals surface area contributed by atoms with Gasteiger partial charge in [0.25, 0.3) is 0 Å². The van der Waals surface area contributed by atoms with Crippen LogP contribution in [0.15, 0.2) is 47.9 Å². The Kier molecular flexibility index (Phi) is 4.65. The van der Waals surface area contributed by atoms with Gasteiger partial charge in [0.1, 0.15) is 23.8 Å². The van der Waals surface area contributed by atoms with E-state index in [1.54, 1.807) is 18.5 Å². The largest absolute Gasteiger partial charge is 0.325 e. The van der Waals surface area contributed by atoms with E-state index in [4.69, 9.17) is 5.10 Å². The predicted molar refractivity (Wildman–Crippen MR) is 121 cm³/mol. The Balaban J connectivity index is 1.33. The van der Waals surface area contributed by atoms with Gasteiger partial charge in [-0.25, -0.2) is 24.5 Å². The molecule has 6 rings (SSSR count). The normalized spacial score (nSPS) is 17.9. The summed E-state index contributed by atoms with van der Waals surface area (Å²) in [5.41, 5.74) is 8.80. The number of nitrogens with zero attached hydrogens (tertiary/aromatic N) is 5. The molecule has 0 radical (unpaired) electrons. The van der Waals surface area contributed by atoms with Crippen molar-refractivity contribution in [3.05, 3.63) is 59.3 Å². The third-order valence-corrected chi connectivity index (χ3v) is 6.32. The minimum atomic E-state index is -0.248. The number of anilines is 3. The van der Waals surface area contributed by atoms with Crippen LogP contribution in [0.25, 0.3) is 11.3 Å². The molecule has 9 heteroatoms. The molecule has 1 fully saturated rings. The number of rotatable bonds is 6. The molecule has 0 spiro atoms. The molecule has 3 aromatic rings. The smallest absolute Gasteiger partial charge is 0.152 e. The van der Waals surface area contributed by atoms with Gasteiger partial charge in [0.05, 0.1) is 11.4 Å². The van der Waals surface area contributed by atoms with Gasteiger partial charge < -0.3 is 10.6 Å². The molecular formula is C23H25FN8. The van der Waals surface area contributed by atoms with E-state index < -0.39 is 0 Å². The highest BCUT2D eigenvalue weighted by Crippen LogP contribution is 2.36. The van der Waals surface area contributed by atoms with E-state index in [9.17, 15) is 4.39 Å². The highest BCUT2D eigenvalue weighted by atomic mass is 19.1. The van der Waals surface area contributed by atoms with E-state index in [-0.39, 0.29) is 5.82 Å². The summed E-state index contributed by atoms with van der Waals surface area (Å²) in [5, 5.41) is 13.8. The van der Waals surface area contributed by atoms with Crippen molar-refractivity contribution >= 4 is 17.5 Å². The van der Waals surface area contributed by atoms with Gasteiger partial charge >= 0.3 is 0 Å². The van der Waals surface area contributed by atoms with E-state index >= 15 is 0 Å². The maximum Gasteiger partial charge on any atom is 0.152 e. The van der Waals surface area contributed by atoms with Crippen molar-refractivity contribution in [2.24, 2.45) is 5.92 Å². The quantitative estimate of drug-likeness (QED) is 0.552. The fourth-order valence-electron chi connectivity index (χ4n) is 4.38. The summed E-state index contributed by atoms with van der Waals surface area (Å²) < 4.78 is 15.5. The van der Waals surface area contributed by atoms with Crippen molar-refractivity contribution < 1.29 is 4.39 Å². The van der Waals surface area contributed by atoms with E-state index in [2.05, 4.69) is 26.0 Å². The molecule has 0 bridgehead atoms. The minimum absolute atomic E-state index is 0.248. The van der Waals surface area contributed by atoms with Crippen molar-refractivity contribution in [3.8, 4) is 11.3 Å². The Morgan fingerprint density at radius 1 is 1.12 bits per heavy atom. The summed E-state index contributed by atoms with van der Waals surface area (Å²) >= 11 is 0. The van der Waals surface area contributed by atoms with Crippen molar-refractivity contribution in [2.45, 2.75) is 26.3 Å². The van der Waals surface area contributed by atoms with Gasteiger partial charge in [-0.05, 0) is 55.5 Å². The average molecular weight is 433 g/mol. The lowest BCUT2D eigenvalue weighted by Crippen LogP contribution is -2.36. The van der Waals surface area contributed by atoms with Gasteiger partial charge in [-0.1, -0.05) is 0 Å². The highest BCUT2D eigenvalue weighted by Gasteiger charge is 2.28. The molecule has 2 aromatic heterocycles. The number of nitrogens with one attached hydrogen (secondary N) is 3. The second-order valence-electron chi connectivity index (χ2n) is 8.67. The fourth-order valence-corrected chi connectivity index (χ4v) is 4.38. The van der Waals surface area contributed by atoms with Crippen LogP contribution in [0.4, 0.5) is 21.8 Å². The Bertz CT molecular complexity index is 1200. The van der Waals surface area contributed by atoms with Gasteiger partial charge in [0.2, 0.25) is 0 Å². The first-order valence-corrected chi connectivity index (χ1v) is 11.0. The second kappa shape index (κ2) is 7.68. The second-order valence-corrected chi connectivity index (χ2v) is 8.67. The number of aromatic nitrogens is 4. The third-order valence-electron chi connectivity index (χ3n) is 6.32. The number of halogens is 1. The van der Waals surface area contributed by atoms with Crippen molar-refractivity contribution in [1.82, 2.24) is 30.5 Å². The lowest BCUT2D eigenvalue weighted by atomic mass is 10.1. The SMILES string of the molecule is Cc1c(-c2ccc(F)cc2)nn(CC2CC2)c1Nc1cc(N2NCC3=C2CNC3)ncn1. The zero-order valence-corrected chi connectivity index (χ0v) is 17.9. The molecule has 8 nitrogen and oxygen atoms in total. The first-order valence-electron chi connectivity index (χ1n) is 11.0. The first kappa shape index (κ1) is 19.4. The van der Waals surface area contributed by atoms with Gasteiger partial charge in [-0.2, -0.15) is 5.10 Å². The van der Waals surface area contributed by atoms with E-state index in [0.717, 1.165) is 54.6 Å². The van der Waals surface area contributed by atoms with Crippen LogP contribution in [-0.2, 0) is 6.54 Å². The Morgan fingerprint density at radius 2 is 1.97 bits per heavy atom. The predicted octanol–water partition coefficient (Wildman–Crippen LogP) is 3.12. The monoisotopic (exact) mass is 432 g/mol. The van der Waals surface area contributed by atoms with E-state index in [1.165, 1.54) is 36.2 Å². The summed E-state index contributed by atoms with van der Waals surface area (Å²) in [6, 6.07) is 8.45. The number of hydrogen-bond donors (Lipinski definition) is 3. The molecule has 164 valence electrons. The summed E-state index contributed by atoms with van der Waals surface area (Å²) in [6.07, 6.45) is 4.04. The van der Waals surface area contributed by atoms with Crippen molar-refractivity contribution in [1.29, 1.82) is 0 Å². The van der Waals surface area contributed by atoms with Crippen LogP contribution in [-0.4, -0.2) is 39.4 Å². The fraction of sp³-hybridized carbons (Fsp3) is 0.348. The number of hydrogen-bond acceptors (Lipinski definition) is 7. The van der Waals surface area contributed by atoms with Crippen LogP contribution in [0, 0.1) is 18.7 Å². The molecule has 0 atom stereocenters. The Morgan fingerprint density at radius 3 is 2.78 bits per heavy atom. The molecule has 3 aliphatic rings. The molecule has 1 aliphatic carbocycles. The van der Waals surface area contributed by atoms with Crippen LogP contribution >= 0.6 is 0 Å². The average Bonchev–Trinajstić information content (AvgIpc) is 3.21. The van der Waals surface area contributed by atoms with Crippen molar-refractivity contribution in [2.75, 3.05) is 30.0 Å². The highest BCUT2D eigenvalue weighted by molar-refractivity contribution is 5.72. The molecule has 2 aliphatic heterocycles. The summed E-state index contributed by atoms with van der Waals surface area (Å²) in [5.74, 6) is 2.84. The standard InChI is InChI=1S/C23H25FN8/c1-14-22(16-4-6-18(24)7-5-16)30-31(12-15-2-3-15)23(14)29-20-8-21(27-13-26-20)32-19-11-25-9-17(19)10-28-32/h4-8,13,15,25,28H,2-3,9-12H2,1H3,(H,26,27,29). The van der Waals surface area contributed by atoms with Gasteiger partial charge in [-0.3, -0.25) is 5.01 Å². The summed E-state index contributed by atoms with van der Waals surface area (Å²) in [6.45, 7) is 5.49. The lowest BCUT2D eigenvalue weighted by molar-refractivity contribution is 0.571. The molecule has 0 unspecified atom stereocenters. The van der Waals surface area contributed by atoms with Crippen LogP contribution in [0.1, 0.15) is 18.4 Å². The maximum absolute atomic E-state index is 13.4. The van der Waals surface area contributed by atoms with Gasteiger partial charge in [0, 0.05) is 43.4 Å². The maximum atomic E-state index is 13.4. The molecular weight excluding hydrogens is 407 g/mol. The Labute approximate surface area is 185 Å². The first-order chi connectivity index (χ1) is 15.7. The van der Waals surface area contributed by atoms with E-state index in [0.29, 0.717) is 11.7 Å². The minimum Gasteiger partial charge on any atom is -0.325 e. The molecule has 1 saturated carbocycles. The number of hydrazine groups is 1. The summed E-state index contributed by atoms with van der Waals surface area (Å²) in [7, 11) is 0. The molecule has 4 heterocycles. The zero-order chi connectivity index (χ0) is 21.7. The van der Waals surface area contributed by atoms with Crippen LogP contribution in [0.2, 0.25) is 0 Å². The Hall–Kier alpha value is -3.30. The molecule has 1 aromatic carbocycles. The third kappa shape index (κ3) is 3.53. The lowest BCUT2D eigenvalue weighted by Gasteiger charge is -2.21. The molecule has 3 N–H and O–H groups in total. The van der Waals surface area contributed by atoms with Crippen LogP contribution in [0.3, 0.4) is 0 Å². The van der Waals surface area contributed by atoms with Crippen LogP contribution < -0.4 is 21.1 Å². The van der Waals surface area contributed by atoms with Gasteiger partial charge in [-0.15, -0.1) is 0 Å². The van der Waals surface area contributed by atoms with Crippen LogP contribution in [0.5, 0.6) is 0 Å².